The first-order chi connectivity index (χ1) is 46.9. The average molecular weight is 1420 g/mol. The van der Waals surface area contributed by atoms with Gasteiger partial charge in [0, 0.05) is 25.7 Å². The third-order valence-electron chi connectivity index (χ3n) is 18.2. The van der Waals surface area contributed by atoms with Crippen LogP contribution in [0.1, 0.15) is 408 Å². The van der Waals surface area contributed by atoms with Gasteiger partial charge in [0.25, 0.3) is 0 Å². The topological polar surface area (TPSA) is 237 Å². The summed E-state index contributed by atoms with van der Waals surface area (Å²) < 4.78 is 68.6. The van der Waals surface area contributed by atoms with Crippen molar-refractivity contribution in [3.8, 4) is 0 Å². The maximum Gasteiger partial charge on any atom is 0.472 e. The molecule has 0 bridgehead atoms. The minimum Gasteiger partial charge on any atom is -0.462 e. The van der Waals surface area contributed by atoms with Crippen LogP contribution in [0.3, 0.4) is 0 Å². The maximum absolute atomic E-state index is 13.1. The molecule has 0 saturated carbocycles. The number of carbonyl (C=O) groups is 4. The Balaban J connectivity index is 5.22. The summed E-state index contributed by atoms with van der Waals surface area (Å²) in [6.07, 6.45) is 58.2. The third kappa shape index (κ3) is 72.2. The number of rotatable bonds is 77. The SMILES string of the molecule is CCCCCCCCCCCCCC(=O)O[C@H](COC(=O)CCCCCCCCCCCC)COP(=O)(O)OC[C@H](O)COP(=O)(O)OC[C@@H](COC(=O)CCCCCCCCCCCCCCCCCC(C)C)OC(=O)CCCCCCCCCCCCCCCCCC(C)C. The maximum atomic E-state index is 13.1. The van der Waals surface area contributed by atoms with Crippen LogP contribution in [0.25, 0.3) is 0 Å². The Kier molecular flexibility index (Phi) is 68.4. The van der Waals surface area contributed by atoms with Gasteiger partial charge in [-0.05, 0) is 37.5 Å². The summed E-state index contributed by atoms with van der Waals surface area (Å²) in [6.45, 7) is 9.66. The molecule has 17 nitrogen and oxygen atoms in total. The Labute approximate surface area is 594 Å². The molecule has 0 aliphatic rings. The van der Waals surface area contributed by atoms with E-state index in [0.29, 0.717) is 25.7 Å². The Morgan fingerprint density at radius 1 is 0.278 bits per heavy atom. The molecule has 0 rings (SSSR count). The van der Waals surface area contributed by atoms with Crippen LogP contribution >= 0.6 is 15.6 Å². The van der Waals surface area contributed by atoms with Crippen LogP contribution in [0.15, 0.2) is 0 Å². The monoisotopic (exact) mass is 1420 g/mol. The molecule has 5 atom stereocenters. The van der Waals surface area contributed by atoms with E-state index in [0.717, 1.165) is 102 Å². The molecule has 0 aromatic rings. The number of phosphoric acid groups is 2. The molecule has 0 amide bonds. The van der Waals surface area contributed by atoms with Gasteiger partial charge in [-0.25, -0.2) is 9.13 Å². The Hall–Kier alpha value is -1.94. The number of hydrogen-bond acceptors (Lipinski definition) is 15. The van der Waals surface area contributed by atoms with Gasteiger partial charge in [-0.15, -0.1) is 0 Å². The number of esters is 4. The predicted molar refractivity (Wildman–Crippen MR) is 395 cm³/mol. The number of hydrogen-bond donors (Lipinski definition) is 3. The molecule has 3 N–H and O–H groups in total. The van der Waals surface area contributed by atoms with Crippen molar-refractivity contribution >= 4 is 39.5 Å². The lowest BCUT2D eigenvalue weighted by molar-refractivity contribution is -0.161. The van der Waals surface area contributed by atoms with E-state index >= 15 is 0 Å². The van der Waals surface area contributed by atoms with E-state index in [2.05, 4.69) is 41.5 Å². The van der Waals surface area contributed by atoms with Gasteiger partial charge < -0.3 is 33.8 Å². The molecule has 97 heavy (non-hydrogen) atoms. The first-order valence-corrected chi connectivity index (χ1v) is 43.5. The fraction of sp³-hybridized carbons (Fsp3) is 0.949. The highest BCUT2D eigenvalue weighted by Crippen LogP contribution is 2.45. The zero-order valence-corrected chi connectivity index (χ0v) is 65.2. The van der Waals surface area contributed by atoms with Crippen molar-refractivity contribution in [3.05, 3.63) is 0 Å². The predicted octanol–water partition coefficient (Wildman–Crippen LogP) is 23.1. The van der Waals surface area contributed by atoms with Crippen molar-refractivity contribution in [1.82, 2.24) is 0 Å². The lowest BCUT2D eigenvalue weighted by atomic mass is 10.0. The van der Waals surface area contributed by atoms with Gasteiger partial charge in [-0.1, -0.05) is 356 Å². The number of aliphatic hydroxyl groups is 1. The first-order valence-electron chi connectivity index (χ1n) is 40.5. The molecule has 0 saturated heterocycles. The average Bonchev–Trinajstić information content (AvgIpc) is 1.05. The molecule has 0 spiro atoms. The molecule has 0 aromatic heterocycles. The van der Waals surface area contributed by atoms with Crippen molar-refractivity contribution in [1.29, 1.82) is 0 Å². The Bertz CT molecular complexity index is 1870. The normalized spacial score (nSPS) is 14.0. The van der Waals surface area contributed by atoms with Crippen LogP contribution in [0, 0.1) is 11.8 Å². The molecule has 19 heteroatoms. The standard InChI is InChI=1S/C78H152O17P2/c1-7-9-11-13-15-17-29-38-44-50-56-62-77(82)94-73(66-88-75(80)60-54-48-42-36-18-16-14-12-10-8-2)68-92-96(84,85)90-64-72(79)65-91-97(86,87)93-69-74(95-78(83)63-57-51-45-39-33-28-24-20-22-26-31-35-41-47-53-59-71(5)6)67-89-76(81)61-55-49-43-37-32-27-23-19-21-25-30-34-40-46-52-58-70(3)4/h70-74,79H,7-69H2,1-6H3,(H,84,85)(H,86,87)/t72-,73+,74+/m0/s1. The van der Waals surface area contributed by atoms with Gasteiger partial charge in [0.15, 0.2) is 12.2 Å². The van der Waals surface area contributed by atoms with Crippen LogP contribution in [-0.2, 0) is 65.4 Å². The highest BCUT2D eigenvalue weighted by molar-refractivity contribution is 7.47. The van der Waals surface area contributed by atoms with Crippen molar-refractivity contribution in [2.75, 3.05) is 39.6 Å². The molecular weight excluding hydrogens is 1270 g/mol. The van der Waals surface area contributed by atoms with Crippen LogP contribution in [-0.4, -0.2) is 96.7 Å². The minimum absolute atomic E-state index is 0.107. The molecular formula is C78H152O17P2. The molecule has 0 aliphatic heterocycles. The first kappa shape index (κ1) is 95.1. The van der Waals surface area contributed by atoms with Crippen LogP contribution < -0.4 is 0 Å². The highest BCUT2D eigenvalue weighted by Gasteiger charge is 2.30. The van der Waals surface area contributed by atoms with E-state index in [1.165, 1.54) is 225 Å². The van der Waals surface area contributed by atoms with Crippen molar-refractivity contribution in [2.45, 2.75) is 426 Å². The fourth-order valence-electron chi connectivity index (χ4n) is 12.0. The molecule has 0 aliphatic carbocycles. The highest BCUT2D eigenvalue weighted by atomic mass is 31.2. The second-order valence-corrected chi connectivity index (χ2v) is 32.0. The quantitative estimate of drug-likeness (QED) is 0.0222. The summed E-state index contributed by atoms with van der Waals surface area (Å²) in [4.78, 5) is 72.8. The van der Waals surface area contributed by atoms with E-state index in [-0.39, 0.29) is 25.7 Å². The largest absolute Gasteiger partial charge is 0.472 e. The summed E-state index contributed by atoms with van der Waals surface area (Å²) in [5, 5.41) is 10.6. The molecule has 576 valence electrons. The van der Waals surface area contributed by atoms with Gasteiger partial charge in [0.2, 0.25) is 0 Å². The molecule has 0 aromatic carbocycles. The second-order valence-electron chi connectivity index (χ2n) is 29.1. The summed E-state index contributed by atoms with van der Waals surface area (Å²) >= 11 is 0. The zero-order valence-electron chi connectivity index (χ0n) is 63.4. The van der Waals surface area contributed by atoms with Crippen LogP contribution in [0.4, 0.5) is 0 Å². The van der Waals surface area contributed by atoms with Gasteiger partial charge in [-0.2, -0.15) is 0 Å². The zero-order chi connectivity index (χ0) is 71.4. The number of carbonyl (C=O) groups excluding carboxylic acids is 4. The minimum atomic E-state index is -4.96. The van der Waals surface area contributed by atoms with Crippen molar-refractivity contribution in [2.24, 2.45) is 11.8 Å². The number of aliphatic hydroxyl groups excluding tert-OH is 1. The lowest BCUT2D eigenvalue weighted by Crippen LogP contribution is -2.30. The van der Waals surface area contributed by atoms with Crippen LogP contribution in [0.2, 0.25) is 0 Å². The second kappa shape index (κ2) is 69.8. The smallest absolute Gasteiger partial charge is 0.462 e. The fourth-order valence-corrected chi connectivity index (χ4v) is 13.6. The number of ether oxygens (including phenoxy) is 4. The summed E-state index contributed by atoms with van der Waals surface area (Å²) in [5.41, 5.74) is 0. The van der Waals surface area contributed by atoms with Gasteiger partial charge in [-0.3, -0.25) is 37.3 Å². The molecule has 2 unspecified atom stereocenters. The van der Waals surface area contributed by atoms with E-state index in [4.69, 9.17) is 37.0 Å². The Morgan fingerprint density at radius 2 is 0.474 bits per heavy atom. The number of unbranched alkanes of at least 4 members (excludes halogenated alkanes) is 47. The third-order valence-corrected chi connectivity index (χ3v) is 20.1. The lowest BCUT2D eigenvalue weighted by Gasteiger charge is -2.21. The summed E-state index contributed by atoms with van der Waals surface area (Å²) in [7, 11) is -9.91. The van der Waals surface area contributed by atoms with Gasteiger partial charge in [0.05, 0.1) is 26.4 Å². The summed E-state index contributed by atoms with van der Waals surface area (Å²) in [5.74, 6) is -0.503. The molecule has 0 heterocycles. The van der Waals surface area contributed by atoms with Crippen molar-refractivity contribution < 1.29 is 80.2 Å². The van der Waals surface area contributed by atoms with Crippen molar-refractivity contribution in [3.63, 3.8) is 0 Å². The van der Waals surface area contributed by atoms with E-state index < -0.39 is 97.5 Å². The molecule has 0 fully saturated rings. The van der Waals surface area contributed by atoms with Gasteiger partial charge >= 0.3 is 39.5 Å². The van der Waals surface area contributed by atoms with Crippen LogP contribution in [0.5, 0.6) is 0 Å². The van der Waals surface area contributed by atoms with E-state index in [9.17, 15) is 43.2 Å². The van der Waals surface area contributed by atoms with E-state index in [1.807, 2.05) is 0 Å². The van der Waals surface area contributed by atoms with E-state index in [1.54, 1.807) is 0 Å². The molecule has 0 radical (unpaired) electrons. The Morgan fingerprint density at radius 3 is 0.701 bits per heavy atom. The number of phosphoric ester groups is 2. The summed E-state index contributed by atoms with van der Waals surface area (Å²) in [6, 6.07) is 0. The van der Waals surface area contributed by atoms with Gasteiger partial charge in [0.1, 0.15) is 19.3 Å².